The second-order valence-corrected chi connectivity index (χ2v) is 8.14. The van der Waals surface area contributed by atoms with Crippen LogP contribution in [0.5, 0.6) is 0 Å². The standard InChI is InChI=1S/C16H22O4.C6H13N/c1-10(2)7-12-5-6-13(15(17)18)14(8-12)16(19)20-9-11(3)4;1-7-5-3-2-4-6-7/h5-6,8,10-11H,7,9H2,1-4H3,(H,17,18);2-6H2,1H3. The van der Waals surface area contributed by atoms with Crippen molar-refractivity contribution in [2.45, 2.75) is 53.4 Å². The molecule has 27 heavy (non-hydrogen) atoms. The van der Waals surface area contributed by atoms with E-state index in [1.54, 1.807) is 12.1 Å². The normalized spacial score (nSPS) is 14.6. The number of rotatable bonds is 6. The van der Waals surface area contributed by atoms with E-state index in [-0.39, 0.29) is 23.7 Å². The fourth-order valence-electron chi connectivity index (χ4n) is 2.92. The Bertz CT molecular complexity index is 604. The van der Waals surface area contributed by atoms with Gasteiger partial charge >= 0.3 is 11.9 Å². The van der Waals surface area contributed by atoms with Crippen molar-refractivity contribution in [3.8, 4) is 0 Å². The van der Waals surface area contributed by atoms with Gasteiger partial charge in [0.15, 0.2) is 0 Å². The molecule has 1 aromatic carbocycles. The highest BCUT2D eigenvalue weighted by Crippen LogP contribution is 2.17. The van der Waals surface area contributed by atoms with Crippen LogP contribution in [0.15, 0.2) is 18.2 Å². The van der Waals surface area contributed by atoms with Gasteiger partial charge in [0.2, 0.25) is 0 Å². The molecule has 0 saturated carbocycles. The van der Waals surface area contributed by atoms with Gasteiger partial charge in [-0.1, -0.05) is 40.2 Å². The second-order valence-electron chi connectivity index (χ2n) is 8.14. The van der Waals surface area contributed by atoms with Crippen LogP contribution < -0.4 is 0 Å². The van der Waals surface area contributed by atoms with Gasteiger partial charge in [-0.25, -0.2) is 9.59 Å². The maximum Gasteiger partial charge on any atom is 0.339 e. The summed E-state index contributed by atoms with van der Waals surface area (Å²) in [5.41, 5.74) is 1.07. The maximum absolute atomic E-state index is 12.0. The zero-order valence-corrected chi connectivity index (χ0v) is 17.5. The van der Waals surface area contributed by atoms with Gasteiger partial charge < -0.3 is 14.7 Å². The van der Waals surface area contributed by atoms with Gasteiger partial charge in [-0.15, -0.1) is 0 Å². The van der Waals surface area contributed by atoms with Crippen LogP contribution >= 0.6 is 0 Å². The first-order valence-electron chi connectivity index (χ1n) is 9.92. The second kappa shape index (κ2) is 11.8. The van der Waals surface area contributed by atoms with E-state index in [0.29, 0.717) is 5.92 Å². The maximum atomic E-state index is 12.0. The third kappa shape index (κ3) is 9.05. The Morgan fingerprint density at radius 1 is 1.04 bits per heavy atom. The number of hydrogen-bond donors (Lipinski definition) is 1. The lowest BCUT2D eigenvalue weighted by molar-refractivity contribution is 0.0450. The molecule has 0 spiro atoms. The van der Waals surface area contributed by atoms with Gasteiger partial charge in [0.1, 0.15) is 0 Å². The number of hydrogen-bond acceptors (Lipinski definition) is 4. The van der Waals surface area contributed by atoms with Crippen molar-refractivity contribution in [3.05, 3.63) is 34.9 Å². The van der Waals surface area contributed by atoms with Crippen molar-refractivity contribution < 1.29 is 19.4 Å². The molecule has 152 valence electrons. The number of aromatic carboxylic acids is 1. The van der Waals surface area contributed by atoms with Crippen molar-refractivity contribution in [1.29, 1.82) is 0 Å². The quantitative estimate of drug-likeness (QED) is 0.740. The number of carbonyl (C=O) groups is 2. The van der Waals surface area contributed by atoms with Crippen LogP contribution in [-0.2, 0) is 11.2 Å². The van der Waals surface area contributed by atoms with Crippen LogP contribution in [0.2, 0.25) is 0 Å². The van der Waals surface area contributed by atoms with E-state index in [9.17, 15) is 9.59 Å². The highest BCUT2D eigenvalue weighted by Gasteiger charge is 2.19. The molecule has 5 heteroatoms. The smallest absolute Gasteiger partial charge is 0.339 e. The first-order valence-corrected chi connectivity index (χ1v) is 9.92. The predicted octanol–water partition coefficient (Wildman–Crippen LogP) is 4.50. The molecule has 0 unspecified atom stereocenters. The van der Waals surface area contributed by atoms with E-state index in [2.05, 4.69) is 25.8 Å². The topological polar surface area (TPSA) is 66.8 Å². The molecule has 0 amide bonds. The molecule has 1 saturated heterocycles. The summed E-state index contributed by atoms with van der Waals surface area (Å²) in [4.78, 5) is 25.6. The van der Waals surface area contributed by atoms with Crippen molar-refractivity contribution >= 4 is 11.9 Å². The Morgan fingerprint density at radius 2 is 1.67 bits per heavy atom. The molecule has 1 N–H and O–H groups in total. The van der Waals surface area contributed by atoms with E-state index in [0.717, 1.165) is 12.0 Å². The summed E-state index contributed by atoms with van der Waals surface area (Å²) in [6.45, 7) is 10.9. The number of benzene rings is 1. The number of likely N-dealkylation sites (tertiary alicyclic amines) is 1. The van der Waals surface area contributed by atoms with Crippen molar-refractivity contribution in [2.75, 3.05) is 26.7 Å². The minimum atomic E-state index is -1.11. The number of esters is 1. The summed E-state index contributed by atoms with van der Waals surface area (Å²) in [6, 6.07) is 4.86. The number of carbonyl (C=O) groups excluding carboxylic acids is 1. The molecular weight excluding hydrogens is 342 g/mol. The Morgan fingerprint density at radius 3 is 2.11 bits per heavy atom. The van der Waals surface area contributed by atoms with Crippen LogP contribution in [-0.4, -0.2) is 48.7 Å². The van der Waals surface area contributed by atoms with Crippen LogP contribution in [0.3, 0.4) is 0 Å². The molecular formula is C22H35NO4. The van der Waals surface area contributed by atoms with Crippen molar-refractivity contribution in [3.63, 3.8) is 0 Å². The van der Waals surface area contributed by atoms with Crippen molar-refractivity contribution in [1.82, 2.24) is 4.90 Å². The molecule has 1 aromatic rings. The monoisotopic (exact) mass is 377 g/mol. The molecule has 5 nitrogen and oxygen atoms in total. The van der Waals surface area contributed by atoms with Crippen LogP contribution in [0.25, 0.3) is 0 Å². The number of piperidine rings is 1. The predicted molar refractivity (Wildman–Crippen MR) is 108 cm³/mol. The third-order valence-corrected chi connectivity index (χ3v) is 4.31. The van der Waals surface area contributed by atoms with Crippen LogP contribution in [0.1, 0.15) is 73.2 Å². The zero-order chi connectivity index (χ0) is 20.4. The highest BCUT2D eigenvalue weighted by molar-refractivity contribution is 6.02. The van der Waals surface area contributed by atoms with Gasteiger partial charge in [0, 0.05) is 0 Å². The molecule has 2 rings (SSSR count). The van der Waals surface area contributed by atoms with Gasteiger partial charge in [-0.05, 0) is 68.9 Å². The van der Waals surface area contributed by atoms with Gasteiger partial charge in [-0.3, -0.25) is 0 Å². The molecule has 1 heterocycles. The Hall–Kier alpha value is -1.88. The SMILES string of the molecule is CC(C)COC(=O)c1cc(CC(C)C)ccc1C(=O)O.CN1CCCCC1. The van der Waals surface area contributed by atoms with Crippen LogP contribution in [0.4, 0.5) is 0 Å². The number of carboxylic acids is 1. The molecule has 1 aliphatic heterocycles. The van der Waals surface area contributed by atoms with E-state index in [4.69, 9.17) is 9.84 Å². The third-order valence-electron chi connectivity index (χ3n) is 4.31. The fourth-order valence-corrected chi connectivity index (χ4v) is 2.92. The summed E-state index contributed by atoms with van der Waals surface area (Å²) in [6.07, 6.45) is 5.07. The zero-order valence-electron chi connectivity index (χ0n) is 17.5. The van der Waals surface area contributed by atoms with E-state index in [1.165, 1.54) is 38.4 Å². The van der Waals surface area contributed by atoms with Crippen molar-refractivity contribution in [2.24, 2.45) is 11.8 Å². The number of nitrogens with zero attached hydrogens (tertiary/aromatic N) is 1. The first kappa shape index (κ1) is 23.2. The lowest BCUT2D eigenvalue weighted by atomic mass is 9.98. The summed E-state index contributed by atoms with van der Waals surface area (Å²) < 4.78 is 5.14. The summed E-state index contributed by atoms with van der Waals surface area (Å²) in [5.74, 6) is -1.03. The molecule has 0 radical (unpaired) electrons. The van der Waals surface area contributed by atoms with Gasteiger partial charge in [0.25, 0.3) is 0 Å². The average Bonchev–Trinajstić information content (AvgIpc) is 2.60. The Labute approximate surface area is 163 Å². The molecule has 0 aliphatic carbocycles. The average molecular weight is 378 g/mol. The van der Waals surface area contributed by atoms with E-state index < -0.39 is 11.9 Å². The molecule has 0 bridgehead atoms. The molecule has 1 aliphatic rings. The first-order chi connectivity index (χ1) is 12.7. The largest absolute Gasteiger partial charge is 0.478 e. The molecule has 0 atom stereocenters. The highest BCUT2D eigenvalue weighted by atomic mass is 16.5. The number of ether oxygens (including phenoxy) is 1. The van der Waals surface area contributed by atoms with E-state index in [1.807, 2.05) is 13.8 Å². The lowest BCUT2D eigenvalue weighted by Gasteiger charge is -2.20. The van der Waals surface area contributed by atoms with Crippen LogP contribution in [0, 0.1) is 11.8 Å². The molecule has 1 fully saturated rings. The van der Waals surface area contributed by atoms with Gasteiger partial charge in [0.05, 0.1) is 17.7 Å². The summed E-state index contributed by atoms with van der Waals surface area (Å²) in [5, 5.41) is 9.16. The summed E-state index contributed by atoms with van der Waals surface area (Å²) in [7, 11) is 2.19. The number of carboxylic acid groups (broad SMARTS) is 1. The minimum Gasteiger partial charge on any atom is -0.478 e. The minimum absolute atomic E-state index is 0.00809. The molecule has 0 aromatic heterocycles. The van der Waals surface area contributed by atoms with E-state index >= 15 is 0 Å². The lowest BCUT2D eigenvalue weighted by Crippen LogP contribution is -2.24. The Balaban J connectivity index is 0.000000433. The summed E-state index contributed by atoms with van der Waals surface area (Å²) >= 11 is 0. The Kier molecular flexibility index (Phi) is 10.1. The van der Waals surface area contributed by atoms with Gasteiger partial charge in [-0.2, -0.15) is 0 Å². The fraction of sp³-hybridized carbons (Fsp3) is 0.636.